The molecule has 0 saturated heterocycles. The summed E-state index contributed by atoms with van der Waals surface area (Å²) in [6, 6.07) is 0. The van der Waals surface area contributed by atoms with Gasteiger partial charge in [0.25, 0.3) is 0 Å². The predicted octanol–water partition coefficient (Wildman–Crippen LogP) is 0.168. The van der Waals surface area contributed by atoms with Gasteiger partial charge in [-0.25, -0.2) is 0 Å². The molecule has 6 heteroatoms. The van der Waals surface area contributed by atoms with E-state index in [4.69, 9.17) is 15.3 Å². The maximum atomic E-state index is 11.0. The van der Waals surface area contributed by atoms with Crippen molar-refractivity contribution in [3.63, 3.8) is 0 Å². The zero-order chi connectivity index (χ0) is 16.5. The highest BCUT2D eigenvalue weighted by Gasteiger charge is 2.01. The molecule has 0 bridgehead atoms. The highest BCUT2D eigenvalue weighted by Crippen LogP contribution is 2.08. The van der Waals surface area contributed by atoms with E-state index in [9.17, 15) is 14.7 Å². The molecule has 0 aromatic rings. The zero-order valence-corrected chi connectivity index (χ0v) is 12.9. The fourth-order valence-electron chi connectivity index (χ4n) is 1.59. The quantitative estimate of drug-likeness (QED) is 0.349. The summed E-state index contributed by atoms with van der Waals surface area (Å²) in [7, 11) is 0. The lowest BCUT2D eigenvalue weighted by Crippen LogP contribution is -2.25. The van der Waals surface area contributed by atoms with Crippen LogP contribution in [-0.2, 0) is 9.59 Å². The minimum atomic E-state index is -1.26. The van der Waals surface area contributed by atoms with Crippen LogP contribution in [0.3, 0.4) is 0 Å². The van der Waals surface area contributed by atoms with Crippen molar-refractivity contribution in [2.75, 3.05) is 13.2 Å². The first-order valence-electron chi connectivity index (χ1n) is 7.59. The Morgan fingerprint density at radius 3 is 1.81 bits per heavy atom. The van der Waals surface area contributed by atoms with Crippen molar-refractivity contribution in [2.45, 2.75) is 70.8 Å². The molecule has 126 valence electrons. The molecule has 0 aliphatic heterocycles. The number of Topliss-reactive ketones (excluding diaryl/α,β-unsaturated/α-hetero) is 1. The number of carbonyl (C=O) groups excluding carboxylic acids is 2. The van der Waals surface area contributed by atoms with Crippen molar-refractivity contribution < 1.29 is 30.0 Å². The zero-order valence-electron chi connectivity index (χ0n) is 12.9. The SMILES string of the molecule is CCCCCCCCCC(=O)CC(=O)[O-].OCC(O)CO. The van der Waals surface area contributed by atoms with Crippen molar-refractivity contribution in [3.8, 4) is 0 Å². The normalized spacial score (nSPS) is 10.1. The molecule has 0 aliphatic rings. The molecule has 0 saturated carbocycles. The van der Waals surface area contributed by atoms with Gasteiger partial charge in [-0.15, -0.1) is 0 Å². The Morgan fingerprint density at radius 1 is 0.952 bits per heavy atom. The minimum absolute atomic E-state index is 0.205. The summed E-state index contributed by atoms with van der Waals surface area (Å²) in [4.78, 5) is 21.1. The molecular weight excluding hydrogens is 276 g/mol. The summed E-state index contributed by atoms with van der Waals surface area (Å²) < 4.78 is 0. The molecule has 0 aromatic carbocycles. The van der Waals surface area contributed by atoms with Crippen LogP contribution in [0.5, 0.6) is 0 Å². The summed E-state index contributed by atoms with van der Waals surface area (Å²) in [6.07, 6.45) is 7.03. The first kappa shape index (κ1) is 22.3. The molecule has 0 heterocycles. The molecule has 0 rings (SSSR count). The van der Waals surface area contributed by atoms with Crippen LogP contribution in [0.4, 0.5) is 0 Å². The van der Waals surface area contributed by atoms with E-state index in [1.807, 2.05) is 0 Å². The monoisotopic (exact) mass is 305 g/mol. The van der Waals surface area contributed by atoms with Crippen LogP contribution in [0.1, 0.15) is 64.7 Å². The number of aliphatic hydroxyl groups excluding tert-OH is 3. The van der Waals surface area contributed by atoms with Gasteiger partial charge in [-0.05, 0) is 6.42 Å². The number of aliphatic carboxylic acids is 1. The molecule has 21 heavy (non-hydrogen) atoms. The molecule has 0 spiro atoms. The van der Waals surface area contributed by atoms with Crippen LogP contribution in [0.15, 0.2) is 0 Å². The maximum absolute atomic E-state index is 11.0. The number of carboxylic acid groups (broad SMARTS) is 1. The van der Waals surface area contributed by atoms with E-state index in [-0.39, 0.29) is 19.0 Å². The molecule has 0 aliphatic carbocycles. The number of aliphatic hydroxyl groups is 3. The number of carbonyl (C=O) groups is 2. The van der Waals surface area contributed by atoms with E-state index in [0.717, 1.165) is 19.3 Å². The lowest BCUT2D eigenvalue weighted by Gasteiger charge is -2.02. The average molecular weight is 305 g/mol. The molecule has 0 fully saturated rings. The number of ketones is 1. The molecule has 0 unspecified atom stereocenters. The second-order valence-electron chi connectivity index (χ2n) is 4.98. The van der Waals surface area contributed by atoms with Crippen LogP contribution in [0, 0.1) is 0 Å². The second-order valence-corrected chi connectivity index (χ2v) is 4.98. The first-order chi connectivity index (χ1) is 9.97. The summed E-state index contributed by atoms with van der Waals surface area (Å²) >= 11 is 0. The van der Waals surface area contributed by atoms with Crippen molar-refractivity contribution in [1.82, 2.24) is 0 Å². The Balaban J connectivity index is 0. The number of rotatable bonds is 12. The minimum Gasteiger partial charge on any atom is -0.550 e. The Bertz CT molecular complexity index is 251. The molecular formula is C15H29O6-. The van der Waals surface area contributed by atoms with Crippen LogP contribution >= 0.6 is 0 Å². The van der Waals surface area contributed by atoms with E-state index in [0.29, 0.717) is 6.42 Å². The number of hydrogen-bond donors (Lipinski definition) is 3. The molecule has 6 nitrogen and oxygen atoms in total. The smallest absolute Gasteiger partial charge is 0.138 e. The van der Waals surface area contributed by atoms with Crippen LogP contribution in [0.25, 0.3) is 0 Å². The number of hydrogen-bond acceptors (Lipinski definition) is 6. The third-order valence-corrected chi connectivity index (χ3v) is 2.82. The van der Waals surface area contributed by atoms with Gasteiger partial charge in [0.2, 0.25) is 0 Å². The maximum Gasteiger partial charge on any atom is 0.138 e. The summed E-state index contributed by atoms with van der Waals surface area (Å²) in [5.41, 5.74) is 0. The van der Waals surface area contributed by atoms with E-state index >= 15 is 0 Å². The highest BCUT2D eigenvalue weighted by atomic mass is 16.4. The Hall–Kier alpha value is -0.980. The van der Waals surface area contributed by atoms with Gasteiger partial charge in [-0.2, -0.15) is 0 Å². The molecule has 0 aromatic heterocycles. The number of unbranched alkanes of at least 4 members (excludes halogenated alkanes) is 6. The topological polar surface area (TPSA) is 118 Å². The third kappa shape index (κ3) is 21.5. The molecule has 3 N–H and O–H groups in total. The van der Waals surface area contributed by atoms with Crippen LogP contribution in [0.2, 0.25) is 0 Å². The second kappa shape index (κ2) is 17.1. The summed E-state index contributed by atoms with van der Waals surface area (Å²) in [5.74, 6) is -1.47. The summed E-state index contributed by atoms with van der Waals surface area (Å²) in [6.45, 7) is 1.45. The van der Waals surface area contributed by atoms with Gasteiger partial charge in [-0.1, -0.05) is 45.4 Å². The van der Waals surface area contributed by atoms with Crippen molar-refractivity contribution in [3.05, 3.63) is 0 Å². The average Bonchev–Trinajstić information content (AvgIpc) is 2.45. The van der Waals surface area contributed by atoms with E-state index in [2.05, 4.69) is 6.92 Å². The van der Waals surface area contributed by atoms with Gasteiger partial charge in [-0.3, -0.25) is 4.79 Å². The van der Waals surface area contributed by atoms with Crippen molar-refractivity contribution in [1.29, 1.82) is 0 Å². The largest absolute Gasteiger partial charge is 0.550 e. The van der Waals surface area contributed by atoms with Gasteiger partial charge in [0.05, 0.1) is 13.2 Å². The van der Waals surface area contributed by atoms with Gasteiger partial charge in [0.1, 0.15) is 11.9 Å². The lowest BCUT2D eigenvalue weighted by molar-refractivity contribution is -0.304. The van der Waals surface area contributed by atoms with Crippen molar-refractivity contribution >= 4 is 11.8 Å². The van der Waals surface area contributed by atoms with E-state index in [1.54, 1.807) is 0 Å². The Morgan fingerprint density at radius 2 is 1.43 bits per heavy atom. The van der Waals surface area contributed by atoms with E-state index < -0.39 is 18.5 Å². The van der Waals surface area contributed by atoms with Crippen molar-refractivity contribution in [2.24, 2.45) is 0 Å². The molecule has 0 atom stereocenters. The number of carboxylic acids is 1. The summed E-state index contributed by atoms with van der Waals surface area (Å²) in [5, 5.41) is 34.1. The predicted molar refractivity (Wildman–Crippen MR) is 77.4 cm³/mol. The third-order valence-electron chi connectivity index (χ3n) is 2.82. The van der Waals surface area contributed by atoms with Gasteiger partial charge in [0.15, 0.2) is 0 Å². The lowest BCUT2D eigenvalue weighted by atomic mass is 10.1. The Kier molecular flexibility index (Phi) is 18.1. The standard InChI is InChI=1S/C12H22O3.C3H8O3/c1-2-3-4-5-6-7-8-9-11(13)10-12(14)15;4-1-3(6)2-5/h2-10H2,1H3,(H,14,15);3-6H,1-2H2/p-1. The highest BCUT2D eigenvalue weighted by molar-refractivity contribution is 5.93. The van der Waals surface area contributed by atoms with Gasteiger partial charge in [0, 0.05) is 18.8 Å². The molecule has 0 amide bonds. The van der Waals surface area contributed by atoms with Crippen LogP contribution in [-0.4, -0.2) is 46.4 Å². The Labute approximate surface area is 126 Å². The van der Waals surface area contributed by atoms with Crippen LogP contribution < -0.4 is 5.11 Å². The first-order valence-corrected chi connectivity index (χ1v) is 7.59. The van der Waals surface area contributed by atoms with Gasteiger partial charge < -0.3 is 25.2 Å². The van der Waals surface area contributed by atoms with E-state index in [1.165, 1.54) is 25.7 Å². The van der Waals surface area contributed by atoms with Gasteiger partial charge >= 0.3 is 0 Å². The fraction of sp³-hybridized carbons (Fsp3) is 0.867. The molecule has 0 radical (unpaired) electrons. The fourth-order valence-corrected chi connectivity index (χ4v) is 1.59.